The third kappa shape index (κ3) is 6.31. The Balaban J connectivity index is 1.11. The second-order valence-electron chi connectivity index (χ2n) is 11.6. The van der Waals surface area contributed by atoms with Gasteiger partial charge in [-0.1, -0.05) is 30.5 Å². The molecule has 0 spiro atoms. The van der Waals surface area contributed by atoms with Gasteiger partial charge in [0.05, 0.1) is 6.33 Å². The highest BCUT2D eigenvalue weighted by atomic mass is 16.7. The van der Waals surface area contributed by atoms with Crippen molar-refractivity contribution in [2.24, 2.45) is 5.73 Å². The number of fused-ring (bicyclic) bond motifs is 1. The first kappa shape index (κ1) is 26.8. The number of carbonyl (C=O) groups excluding carboxylic acids is 1. The summed E-state index contributed by atoms with van der Waals surface area (Å²) in [6.07, 6.45) is 12.0. The summed E-state index contributed by atoms with van der Waals surface area (Å²) in [6.45, 7) is 3.28. The molecule has 1 amide bonds. The fourth-order valence-corrected chi connectivity index (χ4v) is 6.16. The summed E-state index contributed by atoms with van der Waals surface area (Å²) in [5.74, 6) is 1.43. The predicted molar refractivity (Wildman–Crippen MR) is 156 cm³/mol. The molecule has 3 aromatic rings. The summed E-state index contributed by atoms with van der Waals surface area (Å²) in [5, 5.41) is 11.8. The van der Waals surface area contributed by atoms with E-state index in [-0.39, 0.29) is 6.04 Å². The van der Waals surface area contributed by atoms with Crippen LogP contribution < -0.4 is 21.7 Å². The molecule has 3 fully saturated rings. The van der Waals surface area contributed by atoms with Gasteiger partial charge in [0.15, 0.2) is 17.0 Å². The Morgan fingerprint density at radius 3 is 2.35 bits per heavy atom. The number of aromatic nitrogens is 4. The summed E-state index contributed by atoms with van der Waals surface area (Å²) in [5.41, 5.74) is 9.70. The van der Waals surface area contributed by atoms with Gasteiger partial charge in [0.1, 0.15) is 0 Å². The van der Waals surface area contributed by atoms with Gasteiger partial charge in [0, 0.05) is 42.9 Å². The van der Waals surface area contributed by atoms with Gasteiger partial charge in [0.25, 0.3) is 0 Å². The molecule has 2 aromatic heterocycles. The van der Waals surface area contributed by atoms with Crippen LogP contribution in [0.3, 0.4) is 0 Å². The molecule has 40 heavy (non-hydrogen) atoms. The zero-order valence-electron chi connectivity index (χ0n) is 23.3. The van der Waals surface area contributed by atoms with E-state index >= 15 is 0 Å². The molecule has 0 atom stereocenters. The fourth-order valence-electron chi connectivity index (χ4n) is 6.16. The third-order valence-corrected chi connectivity index (χ3v) is 8.55. The summed E-state index contributed by atoms with van der Waals surface area (Å²) < 4.78 is 2.25. The molecule has 1 saturated heterocycles. The maximum atomic E-state index is 12.4. The average Bonchev–Trinajstić information content (AvgIpc) is 3.63. The first-order chi connectivity index (χ1) is 19.5. The molecule has 6 rings (SSSR count). The summed E-state index contributed by atoms with van der Waals surface area (Å²) in [7, 11) is 0. The molecule has 2 aliphatic carbocycles. The Kier molecular flexibility index (Phi) is 8.01. The van der Waals surface area contributed by atoms with E-state index in [2.05, 4.69) is 20.5 Å². The molecular weight excluding hydrogens is 506 g/mol. The van der Waals surface area contributed by atoms with E-state index in [1.54, 1.807) is 5.06 Å². The molecule has 2 saturated carbocycles. The van der Waals surface area contributed by atoms with Gasteiger partial charge in [-0.3, -0.25) is 5.32 Å². The number of nitrogens with zero attached hydrogens (tertiary/aromatic N) is 5. The van der Waals surface area contributed by atoms with Gasteiger partial charge in [-0.2, -0.15) is 9.97 Å². The quantitative estimate of drug-likeness (QED) is 0.323. The van der Waals surface area contributed by atoms with Gasteiger partial charge in [-0.25, -0.2) is 9.78 Å². The number of aryl methyl sites for hydroxylation is 1. The smallest absolute Gasteiger partial charge is 0.365 e. The highest BCUT2D eigenvalue weighted by Crippen LogP contribution is 2.34. The number of carbonyl (C=O) groups is 1. The van der Waals surface area contributed by atoms with Crippen LogP contribution >= 0.6 is 0 Å². The third-order valence-electron chi connectivity index (χ3n) is 8.55. The number of benzene rings is 1. The van der Waals surface area contributed by atoms with Crippen molar-refractivity contribution >= 4 is 34.7 Å². The van der Waals surface area contributed by atoms with E-state index in [1.807, 2.05) is 37.5 Å². The van der Waals surface area contributed by atoms with Crippen molar-refractivity contribution in [2.75, 3.05) is 29.0 Å². The Labute approximate surface area is 235 Å². The Bertz CT molecular complexity index is 1290. The summed E-state index contributed by atoms with van der Waals surface area (Å²) in [6, 6.07) is 8.92. The van der Waals surface area contributed by atoms with Crippen LogP contribution in [0.15, 0.2) is 30.6 Å². The largest absolute Gasteiger partial charge is 0.430 e. The molecule has 5 N–H and O–H groups in total. The van der Waals surface area contributed by atoms with Gasteiger partial charge in [0.2, 0.25) is 5.95 Å². The number of hydrogen-bond acceptors (Lipinski definition) is 9. The van der Waals surface area contributed by atoms with Gasteiger partial charge < -0.3 is 25.8 Å². The number of piperidine rings is 1. The second-order valence-corrected chi connectivity index (χ2v) is 11.6. The lowest BCUT2D eigenvalue weighted by Crippen LogP contribution is -2.41. The minimum absolute atomic E-state index is 0.190. The first-order valence-corrected chi connectivity index (χ1v) is 14.8. The zero-order valence-corrected chi connectivity index (χ0v) is 23.3. The lowest BCUT2D eigenvalue weighted by molar-refractivity contribution is -0.106. The van der Waals surface area contributed by atoms with Crippen LogP contribution in [0.1, 0.15) is 75.8 Å². The molecule has 214 valence electrons. The topological polar surface area (TPSA) is 135 Å². The van der Waals surface area contributed by atoms with E-state index in [0.29, 0.717) is 37.2 Å². The maximum absolute atomic E-state index is 12.4. The normalized spacial score (nSPS) is 22.9. The van der Waals surface area contributed by atoms with Crippen molar-refractivity contribution < 1.29 is 9.63 Å². The van der Waals surface area contributed by atoms with Crippen molar-refractivity contribution in [2.45, 2.75) is 95.3 Å². The lowest BCUT2D eigenvalue weighted by atomic mass is 9.92. The van der Waals surface area contributed by atoms with Crippen molar-refractivity contribution in [1.29, 1.82) is 0 Å². The fraction of sp³-hybridized carbons (Fsp3) is 0.586. The molecule has 3 aliphatic rings. The van der Waals surface area contributed by atoms with Gasteiger partial charge in [-0.15, -0.1) is 5.06 Å². The molecule has 11 nitrogen and oxygen atoms in total. The van der Waals surface area contributed by atoms with Crippen LogP contribution in [0.5, 0.6) is 0 Å². The first-order valence-electron chi connectivity index (χ1n) is 14.8. The highest BCUT2D eigenvalue weighted by molar-refractivity contribution is 5.85. The Hall–Kier alpha value is -3.44. The Morgan fingerprint density at radius 1 is 0.925 bits per heavy atom. The molecule has 3 heterocycles. The van der Waals surface area contributed by atoms with Gasteiger partial charge >= 0.3 is 6.09 Å². The number of hydroxylamine groups is 2. The van der Waals surface area contributed by atoms with Crippen molar-refractivity contribution in [3.05, 3.63) is 36.2 Å². The molecule has 11 heteroatoms. The van der Waals surface area contributed by atoms with E-state index in [9.17, 15) is 4.79 Å². The highest BCUT2D eigenvalue weighted by Gasteiger charge is 2.27. The number of hydrogen-bond donors (Lipinski definition) is 4. The molecule has 1 aliphatic heterocycles. The number of imidazole rings is 1. The molecule has 1 aromatic carbocycles. The minimum atomic E-state index is -0.468. The monoisotopic (exact) mass is 547 g/mol. The van der Waals surface area contributed by atoms with E-state index in [0.717, 1.165) is 79.6 Å². The zero-order chi connectivity index (χ0) is 27.5. The van der Waals surface area contributed by atoms with Crippen molar-refractivity contribution in [1.82, 2.24) is 24.6 Å². The maximum Gasteiger partial charge on any atom is 0.430 e. The van der Waals surface area contributed by atoms with Crippen LogP contribution in [0.25, 0.3) is 11.2 Å². The number of nitrogens with two attached hydrogens (primary N) is 1. The number of nitrogens with one attached hydrogen (secondary N) is 3. The van der Waals surface area contributed by atoms with E-state index in [4.69, 9.17) is 25.5 Å². The van der Waals surface area contributed by atoms with Gasteiger partial charge in [-0.05, 0) is 70.4 Å². The van der Waals surface area contributed by atoms with Crippen LogP contribution in [-0.4, -0.2) is 61.9 Å². The van der Waals surface area contributed by atoms with E-state index < -0.39 is 6.09 Å². The minimum Gasteiger partial charge on any atom is -0.365 e. The molecular formula is C29H41N9O2. The summed E-state index contributed by atoms with van der Waals surface area (Å²) >= 11 is 0. The average molecular weight is 548 g/mol. The lowest BCUT2D eigenvalue weighted by Gasteiger charge is -2.31. The number of amides is 1. The molecule has 0 radical (unpaired) electrons. The predicted octanol–water partition coefficient (Wildman–Crippen LogP) is 4.97. The standard InChI is InChI=1S/C29H41N9O2/c1-19-6-10-22(11-7-19)34-29(39)40-37-16-14-23(15-17-37)32-26-25-27(38(18-31-25)24-4-2-3-5-24)36-28(35-26)33-21-12-8-20(30)9-13-21/h6-7,10-11,18,20-21,23-24H,2-5,8-9,12-17,30H2,1H3,(H,34,39)(H2,32,33,35,36)/t20-,21-. The molecule has 0 unspecified atom stereocenters. The summed E-state index contributed by atoms with van der Waals surface area (Å²) in [4.78, 5) is 32.6. The van der Waals surface area contributed by atoms with Crippen LogP contribution in [-0.2, 0) is 4.84 Å². The second kappa shape index (κ2) is 12.0. The SMILES string of the molecule is Cc1ccc(NC(=O)ON2CCC(Nc3nc(N[C@H]4CC[C@H](N)CC4)nc4c3ncn4C3CCCC3)CC2)cc1. The van der Waals surface area contributed by atoms with Crippen molar-refractivity contribution in [3.8, 4) is 0 Å². The van der Waals surface area contributed by atoms with Crippen LogP contribution in [0, 0.1) is 6.92 Å². The van der Waals surface area contributed by atoms with Crippen LogP contribution in [0.4, 0.5) is 22.2 Å². The number of anilines is 3. The van der Waals surface area contributed by atoms with Crippen LogP contribution in [0.2, 0.25) is 0 Å². The number of rotatable bonds is 7. The van der Waals surface area contributed by atoms with E-state index in [1.165, 1.54) is 12.8 Å². The Morgan fingerprint density at radius 2 is 1.62 bits per heavy atom. The van der Waals surface area contributed by atoms with Crippen molar-refractivity contribution in [3.63, 3.8) is 0 Å². The molecule has 0 bridgehead atoms.